The first-order chi connectivity index (χ1) is 8.18. The number of nitrogens with one attached hydrogen (secondary N) is 1. The van der Waals surface area contributed by atoms with Crippen LogP contribution in [0, 0.1) is 0 Å². The van der Waals surface area contributed by atoms with E-state index in [1.807, 2.05) is 0 Å². The number of carbonyl (C=O) groups excluding carboxylic acids is 1. The van der Waals surface area contributed by atoms with Gasteiger partial charge in [0.2, 0.25) is 0 Å². The molecule has 2 heterocycles. The summed E-state index contributed by atoms with van der Waals surface area (Å²) in [5.74, 6) is -0.0350. The molecule has 0 aliphatic carbocycles. The third kappa shape index (κ3) is 3.06. The van der Waals surface area contributed by atoms with E-state index >= 15 is 0 Å². The third-order valence-corrected chi connectivity index (χ3v) is 3.20. The van der Waals surface area contributed by atoms with Gasteiger partial charge in [-0.25, -0.2) is 9.97 Å². The Morgan fingerprint density at radius 3 is 2.94 bits per heavy atom. The van der Waals surface area contributed by atoms with Crippen LogP contribution in [0.2, 0.25) is 10.2 Å². The number of hydrogen-bond donors (Lipinski definition) is 1. The fourth-order valence-electron chi connectivity index (χ4n) is 1.58. The van der Waals surface area contributed by atoms with Crippen molar-refractivity contribution in [2.45, 2.75) is 25.4 Å². The van der Waals surface area contributed by atoms with Crippen LogP contribution in [-0.4, -0.2) is 28.6 Å². The second-order valence-corrected chi connectivity index (χ2v) is 4.41. The number of carbonyl (C=O) groups is 1. The Hall–Kier alpha value is -0.910. The number of rotatable bonds is 2. The van der Waals surface area contributed by atoms with Gasteiger partial charge in [0.15, 0.2) is 11.0 Å². The molecule has 0 spiro atoms. The van der Waals surface area contributed by atoms with Gasteiger partial charge < -0.3 is 10.1 Å². The van der Waals surface area contributed by atoms with Crippen molar-refractivity contribution in [2.75, 3.05) is 11.9 Å². The summed E-state index contributed by atoms with van der Waals surface area (Å²) in [4.78, 5) is 19.4. The maximum atomic E-state index is 11.8. The molecule has 1 aliphatic rings. The van der Waals surface area contributed by atoms with E-state index in [0.29, 0.717) is 13.0 Å². The van der Waals surface area contributed by atoms with Gasteiger partial charge in [-0.15, -0.1) is 0 Å². The van der Waals surface area contributed by atoms with Gasteiger partial charge in [-0.1, -0.05) is 23.2 Å². The lowest BCUT2D eigenvalue weighted by Gasteiger charge is -2.21. The van der Waals surface area contributed by atoms with E-state index in [2.05, 4.69) is 15.3 Å². The summed E-state index contributed by atoms with van der Waals surface area (Å²) in [6.45, 7) is 0.607. The zero-order chi connectivity index (χ0) is 12.3. The van der Waals surface area contributed by atoms with E-state index < -0.39 is 6.10 Å². The zero-order valence-electron chi connectivity index (χ0n) is 8.95. The highest BCUT2D eigenvalue weighted by Crippen LogP contribution is 2.26. The summed E-state index contributed by atoms with van der Waals surface area (Å²) in [6, 6.07) is 0. The Morgan fingerprint density at radius 2 is 2.24 bits per heavy atom. The third-order valence-electron chi connectivity index (χ3n) is 2.46. The molecule has 5 nitrogen and oxygen atoms in total. The second kappa shape index (κ2) is 5.62. The Kier molecular flexibility index (Phi) is 4.15. The number of ether oxygens (including phenoxy) is 1. The number of nitrogens with zero attached hydrogens (tertiary/aromatic N) is 2. The summed E-state index contributed by atoms with van der Waals surface area (Å²) in [7, 11) is 0. The highest BCUT2D eigenvalue weighted by molar-refractivity contribution is 6.42. The molecule has 92 valence electrons. The molecule has 1 amide bonds. The van der Waals surface area contributed by atoms with Crippen LogP contribution in [0.3, 0.4) is 0 Å². The molecule has 0 saturated carbocycles. The standard InChI is InChI=1S/C10H11Cl2N3O2/c11-7-8(12)13-5-14-9(7)15-10(16)6-3-1-2-4-17-6/h5-6H,1-4H2,(H,13,14,15,16). The van der Waals surface area contributed by atoms with Crippen LogP contribution >= 0.6 is 23.2 Å². The largest absolute Gasteiger partial charge is 0.368 e. The summed E-state index contributed by atoms with van der Waals surface area (Å²) in [5.41, 5.74) is 0. The van der Waals surface area contributed by atoms with Crippen LogP contribution in [0.5, 0.6) is 0 Å². The Morgan fingerprint density at radius 1 is 1.41 bits per heavy atom. The van der Waals surface area contributed by atoms with Crippen LogP contribution in [-0.2, 0) is 9.53 Å². The molecular weight excluding hydrogens is 265 g/mol. The van der Waals surface area contributed by atoms with Gasteiger partial charge in [0.05, 0.1) is 0 Å². The van der Waals surface area contributed by atoms with Crippen LogP contribution < -0.4 is 5.32 Å². The number of amides is 1. The van der Waals surface area contributed by atoms with E-state index in [9.17, 15) is 4.79 Å². The maximum absolute atomic E-state index is 11.8. The summed E-state index contributed by atoms with van der Waals surface area (Å²) < 4.78 is 5.35. The Labute approximate surface area is 108 Å². The van der Waals surface area contributed by atoms with Gasteiger partial charge in [0.1, 0.15) is 17.5 Å². The van der Waals surface area contributed by atoms with E-state index in [0.717, 1.165) is 12.8 Å². The fourth-order valence-corrected chi connectivity index (χ4v) is 1.86. The molecule has 1 aliphatic heterocycles. The first-order valence-electron chi connectivity index (χ1n) is 5.27. The van der Waals surface area contributed by atoms with Gasteiger partial charge in [-0.2, -0.15) is 0 Å². The molecule has 1 atom stereocenters. The quantitative estimate of drug-likeness (QED) is 0.842. The summed E-state index contributed by atoms with van der Waals surface area (Å²) in [5, 5.41) is 2.84. The molecule has 1 N–H and O–H groups in total. The lowest BCUT2D eigenvalue weighted by Crippen LogP contribution is -2.33. The molecule has 2 rings (SSSR count). The topological polar surface area (TPSA) is 64.1 Å². The molecule has 7 heteroatoms. The molecule has 1 unspecified atom stereocenters. The zero-order valence-corrected chi connectivity index (χ0v) is 10.5. The van der Waals surface area contributed by atoms with Crippen molar-refractivity contribution in [2.24, 2.45) is 0 Å². The van der Waals surface area contributed by atoms with Crippen molar-refractivity contribution in [3.63, 3.8) is 0 Å². The smallest absolute Gasteiger partial charge is 0.254 e. The van der Waals surface area contributed by atoms with Crippen LogP contribution in [0.4, 0.5) is 5.82 Å². The first-order valence-corrected chi connectivity index (χ1v) is 6.02. The van der Waals surface area contributed by atoms with Crippen molar-refractivity contribution in [3.8, 4) is 0 Å². The SMILES string of the molecule is O=C(Nc1ncnc(Cl)c1Cl)C1CCCCO1. The van der Waals surface area contributed by atoms with Gasteiger partial charge in [-0.3, -0.25) is 4.79 Å². The minimum atomic E-state index is -0.437. The number of aromatic nitrogens is 2. The molecule has 0 bridgehead atoms. The predicted molar refractivity (Wildman–Crippen MR) is 64.3 cm³/mol. The van der Waals surface area contributed by atoms with Crippen LogP contribution in [0.25, 0.3) is 0 Å². The first kappa shape index (κ1) is 12.5. The lowest BCUT2D eigenvalue weighted by atomic mass is 10.1. The van der Waals surface area contributed by atoms with E-state index in [4.69, 9.17) is 27.9 Å². The molecule has 0 radical (unpaired) electrons. The van der Waals surface area contributed by atoms with Crippen molar-refractivity contribution >= 4 is 34.9 Å². The number of hydrogen-bond acceptors (Lipinski definition) is 4. The van der Waals surface area contributed by atoms with Gasteiger partial charge in [0.25, 0.3) is 5.91 Å². The highest BCUT2D eigenvalue weighted by atomic mass is 35.5. The summed E-state index contributed by atoms with van der Waals surface area (Å²) >= 11 is 11.6. The van der Waals surface area contributed by atoms with Gasteiger partial charge in [-0.05, 0) is 19.3 Å². The monoisotopic (exact) mass is 275 g/mol. The molecule has 1 saturated heterocycles. The highest BCUT2D eigenvalue weighted by Gasteiger charge is 2.23. The minimum Gasteiger partial charge on any atom is -0.368 e. The van der Waals surface area contributed by atoms with E-state index in [1.165, 1.54) is 6.33 Å². The van der Waals surface area contributed by atoms with Crippen LogP contribution in [0.1, 0.15) is 19.3 Å². The Balaban J connectivity index is 2.04. The molecule has 1 fully saturated rings. The van der Waals surface area contributed by atoms with E-state index in [-0.39, 0.29) is 21.9 Å². The van der Waals surface area contributed by atoms with Crippen molar-refractivity contribution < 1.29 is 9.53 Å². The lowest BCUT2D eigenvalue weighted by molar-refractivity contribution is -0.130. The average Bonchev–Trinajstić information content (AvgIpc) is 2.36. The van der Waals surface area contributed by atoms with Crippen LogP contribution in [0.15, 0.2) is 6.33 Å². The molecule has 17 heavy (non-hydrogen) atoms. The molecular formula is C10H11Cl2N3O2. The number of anilines is 1. The minimum absolute atomic E-state index is 0.113. The Bertz CT molecular complexity index is 422. The maximum Gasteiger partial charge on any atom is 0.254 e. The second-order valence-electron chi connectivity index (χ2n) is 3.67. The number of halogens is 2. The molecule has 0 aromatic carbocycles. The van der Waals surface area contributed by atoms with Crippen molar-refractivity contribution in [3.05, 3.63) is 16.5 Å². The van der Waals surface area contributed by atoms with Crippen molar-refractivity contribution in [1.82, 2.24) is 9.97 Å². The fraction of sp³-hybridized carbons (Fsp3) is 0.500. The summed E-state index contributed by atoms with van der Waals surface area (Å²) in [6.07, 6.45) is 3.49. The normalized spacial score (nSPS) is 20.0. The van der Waals surface area contributed by atoms with Gasteiger partial charge in [0, 0.05) is 6.61 Å². The molecule has 1 aromatic rings. The van der Waals surface area contributed by atoms with Gasteiger partial charge >= 0.3 is 0 Å². The molecule has 1 aromatic heterocycles. The van der Waals surface area contributed by atoms with E-state index in [1.54, 1.807) is 0 Å². The predicted octanol–water partition coefficient (Wildman–Crippen LogP) is 2.29. The average molecular weight is 276 g/mol. The van der Waals surface area contributed by atoms with Crippen molar-refractivity contribution in [1.29, 1.82) is 0 Å².